The van der Waals surface area contributed by atoms with E-state index in [0.717, 1.165) is 19.4 Å². The molecule has 0 radical (unpaired) electrons. The Labute approximate surface area is 134 Å². The molecule has 23 heavy (non-hydrogen) atoms. The Morgan fingerprint density at radius 3 is 2.87 bits per heavy atom. The molecule has 1 N–H and O–H groups in total. The fourth-order valence-corrected chi connectivity index (χ4v) is 2.22. The number of benzene rings is 1. The highest BCUT2D eigenvalue weighted by Gasteiger charge is 2.15. The van der Waals surface area contributed by atoms with Crippen LogP contribution in [0.15, 0.2) is 42.8 Å². The van der Waals surface area contributed by atoms with Gasteiger partial charge >= 0.3 is 0 Å². The number of aromatic nitrogens is 2. The van der Waals surface area contributed by atoms with Gasteiger partial charge in [-0.1, -0.05) is 30.3 Å². The van der Waals surface area contributed by atoms with Crippen molar-refractivity contribution in [2.24, 2.45) is 0 Å². The fourth-order valence-electron chi connectivity index (χ4n) is 2.22. The molecule has 0 spiro atoms. The molecule has 0 saturated heterocycles. The highest BCUT2D eigenvalue weighted by molar-refractivity contribution is 5.58. The minimum atomic E-state index is 0.165. The molecule has 6 nitrogen and oxygen atoms in total. The lowest BCUT2D eigenvalue weighted by molar-refractivity contribution is 0.0999. The number of ether oxygens (including phenoxy) is 2. The molecule has 0 aliphatic carbocycles. The van der Waals surface area contributed by atoms with E-state index in [9.17, 15) is 0 Å². The van der Waals surface area contributed by atoms with E-state index in [1.807, 2.05) is 18.2 Å². The van der Waals surface area contributed by atoms with Crippen LogP contribution in [0.2, 0.25) is 0 Å². The molecule has 0 unspecified atom stereocenters. The third kappa shape index (κ3) is 3.77. The maximum atomic E-state index is 9.17. The van der Waals surface area contributed by atoms with Crippen molar-refractivity contribution in [3.63, 3.8) is 0 Å². The Balaban J connectivity index is 1.62. The Bertz CT molecular complexity index is 738. The summed E-state index contributed by atoms with van der Waals surface area (Å²) in [5.74, 6) is 1.40. The van der Waals surface area contributed by atoms with Crippen molar-refractivity contribution in [1.82, 2.24) is 9.97 Å². The van der Waals surface area contributed by atoms with Crippen LogP contribution in [0, 0.1) is 11.3 Å². The number of hydrogen-bond donors (Lipinski definition) is 1. The summed E-state index contributed by atoms with van der Waals surface area (Å²) < 4.78 is 10.3. The molecule has 1 aliphatic rings. The van der Waals surface area contributed by atoms with E-state index in [1.165, 1.54) is 18.0 Å². The molecule has 116 valence electrons. The van der Waals surface area contributed by atoms with Gasteiger partial charge in [-0.15, -0.1) is 0 Å². The number of nitrogens with zero attached hydrogens (tertiary/aromatic N) is 3. The Morgan fingerprint density at radius 2 is 2.13 bits per heavy atom. The molecule has 1 aromatic carbocycles. The first-order chi connectivity index (χ1) is 11.4. The maximum absolute atomic E-state index is 9.17. The molecule has 2 heterocycles. The summed E-state index contributed by atoms with van der Waals surface area (Å²) in [4.78, 5) is 8.47. The topological polar surface area (TPSA) is 80.1 Å². The van der Waals surface area contributed by atoms with Crippen LogP contribution in [-0.4, -0.2) is 23.3 Å². The summed E-state index contributed by atoms with van der Waals surface area (Å²) in [5, 5.41) is 12.4. The standard InChI is InChI=1S/C17H16N4O2/c18-9-14-10-20-17(15-11-22-12-23-15)21-16(14)19-8-4-7-13-5-2-1-3-6-13/h1-3,5-6,10-11H,4,7-8,12H2,(H,19,20,21). The summed E-state index contributed by atoms with van der Waals surface area (Å²) >= 11 is 0. The maximum Gasteiger partial charge on any atom is 0.230 e. The van der Waals surface area contributed by atoms with E-state index in [-0.39, 0.29) is 6.79 Å². The first-order valence-corrected chi connectivity index (χ1v) is 7.36. The number of nitriles is 1. The highest BCUT2D eigenvalue weighted by atomic mass is 16.7. The lowest BCUT2D eigenvalue weighted by atomic mass is 10.1. The van der Waals surface area contributed by atoms with Crippen molar-refractivity contribution in [1.29, 1.82) is 5.26 Å². The second-order valence-corrected chi connectivity index (χ2v) is 4.99. The predicted molar refractivity (Wildman–Crippen MR) is 85.0 cm³/mol. The van der Waals surface area contributed by atoms with Gasteiger partial charge < -0.3 is 14.8 Å². The molecule has 1 aliphatic heterocycles. The van der Waals surface area contributed by atoms with Crippen molar-refractivity contribution in [3.8, 4) is 6.07 Å². The molecule has 0 bridgehead atoms. The third-order valence-corrected chi connectivity index (χ3v) is 3.38. The quantitative estimate of drug-likeness (QED) is 0.826. The summed E-state index contributed by atoms with van der Waals surface area (Å²) in [6.45, 7) is 0.884. The number of nitrogens with one attached hydrogen (secondary N) is 1. The van der Waals surface area contributed by atoms with Gasteiger partial charge in [-0.2, -0.15) is 5.26 Å². The van der Waals surface area contributed by atoms with Gasteiger partial charge in [0.25, 0.3) is 0 Å². The monoisotopic (exact) mass is 308 g/mol. The SMILES string of the molecule is N#Cc1cnc(C2=COCO2)nc1NCCCc1ccccc1. The van der Waals surface area contributed by atoms with E-state index >= 15 is 0 Å². The van der Waals surface area contributed by atoms with Crippen LogP contribution in [0.1, 0.15) is 23.4 Å². The van der Waals surface area contributed by atoms with Gasteiger partial charge in [0.05, 0.1) is 6.20 Å². The molecule has 0 atom stereocenters. The smallest absolute Gasteiger partial charge is 0.230 e. The van der Waals surface area contributed by atoms with Crippen LogP contribution in [0.4, 0.5) is 5.82 Å². The summed E-state index contributed by atoms with van der Waals surface area (Å²) in [7, 11) is 0. The van der Waals surface area contributed by atoms with Gasteiger partial charge in [-0.3, -0.25) is 0 Å². The van der Waals surface area contributed by atoms with Gasteiger partial charge in [-0.05, 0) is 18.4 Å². The lowest BCUT2D eigenvalue weighted by Gasteiger charge is -2.08. The largest absolute Gasteiger partial charge is 0.461 e. The molecule has 1 aromatic heterocycles. The van der Waals surface area contributed by atoms with Crippen LogP contribution in [0.5, 0.6) is 0 Å². The van der Waals surface area contributed by atoms with Crippen LogP contribution in [0.25, 0.3) is 5.76 Å². The third-order valence-electron chi connectivity index (χ3n) is 3.38. The first-order valence-electron chi connectivity index (χ1n) is 7.36. The van der Waals surface area contributed by atoms with Crippen LogP contribution >= 0.6 is 0 Å². The molecule has 6 heteroatoms. The normalized spacial score (nSPS) is 12.7. The zero-order valence-electron chi connectivity index (χ0n) is 12.5. The van der Waals surface area contributed by atoms with E-state index in [2.05, 4.69) is 33.5 Å². The minimum absolute atomic E-state index is 0.165. The Hall–Kier alpha value is -3.07. The van der Waals surface area contributed by atoms with Crippen molar-refractivity contribution in [3.05, 3.63) is 59.7 Å². The molecule has 3 rings (SSSR count). The Morgan fingerprint density at radius 1 is 1.26 bits per heavy atom. The predicted octanol–water partition coefficient (Wildman–Crippen LogP) is 2.70. The zero-order chi connectivity index (χ0) is 15.9. The van der Waals surface area contributed by atoms with Gasteiger partial charge in [0.2, 0.25) is 12.6 Å². The van der Waals surface area contributed by atoms with Crippen molar-refractivity contribution >= 4 is 11.6 Å². The number of rotatable bonds is 6. The average Bonchev–Trinajstić information content (AvgIpc) is 3.14. The van der Waals surface area contributed by atoms with E-state index < -0.39 is 0 Å². The molecule has 0 amide bonds. The van der Waals surface area contributed by atoms with Crippen molar-refractivity contribution in [2.75, 3.05) is 18.7 Å². The average molecular weight is 308 g/mol. The van der Waals surface area contributed by atoms with Gasteiger partial charge in [-0.25, -0.2) is 9.97 Å². The molecule has 0 saturated carbocycles. The van der Waals surface area contributed by atoms with E-state index in [0.29, 0.717) is 23.0 Å². The molecular formula is C17H16N4O2. The molecule has 2 aromatic rings. The zero-order valence-corrected chi connectivity index (χ0v) is 12.5. The summed E-state index contributed by atoms with van der Waals surface area (Å²) in [5.41, 5.74) is 1.70. The Kier molecular flexibility index (Phi) is 4.69. The first kappa shape index (κ1) is 14.9. The summed E-state index contributed by atoms with van der Waals surface area (Å²) in [6.07, 6.45) is 4.87. The van der Waals surface area contributed by atoms with Gasteiger partial charge in [0.15, 0.2) is 5.82 Å². The fraction of sp³-hybridized carbons (Fsp3) is 0.235. The number of hydrogen-bond acceptors (Lipinski definition) is 6. The number of anilines is 1. The van der Waals surface area contributed by atoms with E-state index in [1.54, 1.807) is 0 Å². The van der Waals surface area contributed by atoms with Gasteiger partial charge in [0, 0.05) is 6.54 Å². The highest BCUT2D eigenvalue weighted by Crippen LogP contribution is 2.20. The van der Waals surface area contributed by atoms with Crippen LogP contribution < -0.4 is 5.32 Å². The second-order valence-electron chi connectivity index (χ2n) is 4.99. The van der Waals surface area contributed by atoms with Crippen molar-refractivity contribution < 1.29 is 9.47 Å². The molecule has 0 fully saturated rings. The molecular weight excluding hydrogens is 292 g/mol. The summed E-state index contributed by atoms with van der Waals surface area (Å²) in [6, 6.07) is 12.4. The van der Waals surface area contributed by atoms with Crippen molar-refractivity contribution in [2.45, 2.75) is 12.8 Å². The number of aryl methyl sites for hydroxylation is 1. The second kappa shape index (κ2) is 7.27. The van der Waals surface area contributed by atoms with Gasteiger partial charge in [0.1, 0.15) is 23.7 Å². The van der Waals surface area contributed by atoms with Crippen LogP contribution in [0.3, 0.4) is 0 Å². The lowest BCUT2D eigenvalue weighted by Crippen LogP contribution is -2.09. The van der Waals surface area contributed by atoms with Crippen LogP contribution in [-0.2, 0) is 15.9 Å². The minimum Gasteiger partial charge on any atom is -0.461 e. The van der Waals surface area contributed by atoms with E-state index in [4.69, 9.17) is 14.7 Å².